The Morgan fingerprint density at radius 1 is 1.41 bits per heavy atom. The molecule has 1 fully saturated rings. The molecule has 0 radical (unpaired) electrons. The van der Waals surface area contributed by atoms with Crippen LogP contribution in [0, 0.1) is 12.8 Å². The maximum Gasteiger partial charge on any atom is 0.138 e. The molecule has 2 nitrogen and oxygen atoms in total. The van der Waals surface area contributed by atoms with Gasteiger partial charge in [0.25, 0.3) is 0 Å². The van der Waals surface area contributed by atoms with E-state index in [-0.39, 0.29) is 5.54 Å². The lowest BCUT2D eigenvalue weighted by Gasteiger charge is -2.24. The predicted molar refractivity (Wildman–Crippen MR) is 74.3 cm³/mol. The maximum atomic E-state index is 6.22. The van der Waals surface area contributed by atoms with Crippen LogP contribution in [0.3, 0.4) is 0 Å². The Morgan fingerprint density at radius 3 is 2.59 bits per heavy atom. The quantitative estimate of drug-likeness (QED) is 0.919. The highest BCUT2D eigenvalue weighted by Gasteiger charge is 2.26. The highest BCUT2D eigenvalue weighted by atomic mass is 79.9. The van der Waals surface area contributed by atoms with Crippen LogP contribution in [-0.4, -0.2) is 6.61 Å². The first-order valence-electron chi connectivity index (χ1n) is 6.10. The molecule has 0 aromatic heterocycles. The summed E-state index contributed by atoms with van der Waals surface area (Å²) in [6, 6.07) is 4.20. The van der Waals surface area contributed by atoms with Gasteiger partial charge in [-0.15, -0.1) is 0 Å². The van der Waals surface area contributed by atoms with Gasteiger partial charge in [0.2, 0.25) is 0 Å². The van der Waals surface area contributed by atoms with Crippen LogP contribution in [0.15, 0.2) is 16.6 Å². The molecule has 0 aliphatic heterocycles. The van der Waals surface area contributed by atoms with Gasteiger partial charge in [-0.05, 0) is 67.1 Å². The number of halogens is 1. The molecule has 1 aromatic carbocycles. The highest BCUT2D eigenvalue weighted by molar-refractivity contribution is 9.10. The van der Waals surface area contributed by atoms with Gasteiger partial charge in [0.1, 0.15) is 5.75 Å². The number of hydrogen-bond acceptors (Lipinski definition) is 2. The molecule has 2 N–H and O–H groups in total. The molecule has 1 saturated carbocycles. The lowest BCUT2D eigenvalue weighted by molar-refractivity contribution is 0.289. The molecule has 1 aliphatic rings. The van der Waals surface area contributed by atoms with E-state index in [4.69, 9.17) is 10.5 Å². The van der Waals surface area contributed by atoms with E-state index in [0.717, 1.165) is 28.3 Å². The highest BCUT2D eigenvalue weighted by Crippen LogP contribution is 2.38. The molecule has 2 rings (SSSR count). The molecule has 0 spiro atoms. The third-order valence-corrected chi connectivity index (χ3v) is 3.63. The van der Waals surface area contributed by atoms with Crippen molar-refractivity contribution in [2.45, 2.75) is 39.2 Å². The number of hydrogen-bond donors (Lipinski definition) is 1. The number of benzene rings is 1. The summed E-state index contributed by atoms with van der Waals surface area (Å²) in [6.07, 6.45) is 2.59. The van der Waals surface area contributed by atoms with E-state index in [2.05, 4.69) is 35.0 Å². The normalized spacial score (nSPS) is 16.1. The zero-order chi connectivity index (χ0) is 12.6. The Labute approximate surface area is 112 Å². The average molecular weight is 298 g/mol. The molecule has 3 heteroatoms. The van der Waals surface area contributed by atoms with Gasteiger partial charge in [0, 0.05) is 11.1 Å². The smallest absolute Gasteiger partial charge is 0.138 e. The van der Waals surface area contributed by atoms with E-state index in [1.165, 1.54) is 18.4 Å². The van der Waals surface area contributed by atoms with E-state index in [0.29, 0.717) is 0 Å². The summed E-state index contributed by atoms with van der Waals surface area (Å²) in [5.74, 6) is 1.66. The number of ether oxygens (including phenoxy) is 1. The average Bonchev–Trinajstić information content (AvgIpc) is 2.97. The second kappa shape index (κ2) is 4.62. The van der Waals surface area contributed by atoms with Crippen LogP contribution in [0.25, 0.3) is 0 Å². The van der Waals surface area contributed by atoms with Crippen LogP contribution in [0.5, 0.6) is 5.75 Å². The topological polar surface area (TPSA) is 35.2 Å². The summed E-state index contributed by atoms with van der Waals surface area (Å²) in [5, 5.41) is 0. The Balaban J connectivity index is 2.32. The Kier molecular flexibility index (Phi) is 3.50. The third kappa shape index (κ3) is 3.23. The summed E-state index contributed by atoms with van der Waals surface area (Å²) in [5.41, 5.74) is 8.11. The van der Waals surface area contributed by atoms with Crippen LogP contribution in [0.1, 0.15) is 37.8 Å². The molecule has 0 unspecified atom stereocenters. The van der Waals surface area contributed by atoms with Gasteiger partial charge in [-0.25, -0.2) is 0 Å². The molecule has 17 heavy (non-hydrogen) atoms. The molecule has 0 amide bonds. The fourth-order valence-corrected chi connectivity index (χ4v) is 2.53. The van der Waals surface area contributed by atoms with Gasteiger partial charge in [0.05, 0.1) is 11.1 Å². The molecular weight excluding hydrogens is 278 g/mol. The van der Waals surface area contributed by atoms with Crippen LogP contribution < -0.4 is 10.5 Å². The van der Waals surface area contributed by atoms with E-state index in [1.54, 1.807) is 0 Å². The van der Waals surface area contributed by atoms with Crippen molar-refractivity contribution < 1.29 is 4.74 Å². The van der Waals surface area contributed by atoms with Crippen molar-refractivity contribution in [3.8, 4) is 5.75 Å². The molecule has 0 saturated heterocycles. The number of aryl methyl sites for hydroxylation is 1. The van der Waals surface area contributed by atoms with Crippen LogP contribution in [-0.2, 0) is 5.54 Å². The van der Waals surface area contributed by atoms with Gasteiger partial charge >= 0.3 is 0 Å². The Hall–Kier alpha value is -0.540. The predicted octanol–water partition coefficient (Wildman–Crippen LogP) is 3.74. The minimum Gasteiger partial charge on any atom is -0.492 e. The molecule has 0 atom stereocenters. The second-order valence-electron chi connectivity index (χ2n) is 5.60. The van der Waals surface area contributed by atoms with Gasteiger partial charge in [-0.3, -0.25) is 0 Å². The molecule has 1 aromatic rings. The molecule has 0 heterocycles. The molecular formula is C14H20BrNO. The van der Waals surface area contributed by atoms with Crippen molar-refractivity contribution in [3.05, 3.63) is 27.7 Å². The fraction of sp³-hybridized carbons (Fsp3) is 0.571. The van der Waals surface area contributed by atoms with Gasteiger partial charge in [-0.2, -0.15) is 0 Å². The first-order chi connectivity index (χ1) is 7.88. The Bertz CT molecular complexity index is 419. The standard InChI is InChI=1S/C14H20BrNO/c1-9-6-11(14(2,3)16)13(12(15)7-9)17-8-10-4-5-10/h6-7,10H,4-5,8,16H2,1-3H3. The third-order valence-electron chi connectivity index (χ3n) is 3.04. The maximum absolute atomic E-state index is 6.22. The van der Waals surface area contributed by atoms with Gasteiger partial charge in [-0.1, -0.05) is 6.07 Å². The fourth-order valence-electron chi connectivity index (χ4n) is 1.84. The van der Waals surface area contributed by atoms with Crippen molar-refractivity contribution in [3.63, 3.8) is 0 Å². The minimum absolute atomic E-state index is 0.382. The van der Waals surface area contributed by atoms with Crippen LogP contribution in [0.2, 0.25) is 0 Å². The van der Waals surface area contributed by atoms with E-state index in [9.17, 15) is 0 Å². The summed E-state index contributed by atoms with van der Waals surface area (Å²) >= 11 is 3.58. The van der Waals surface area contributed by atoms with Crippen molar-refractivity contribution >= 4 is 15.9 Å². The monoisotopic (exact) mass is 297 g/mol. The zero-order valence-corrected chi connectivity index (χ0v) is 12.3. The largest absolute Gasteiger partial charge is 0.492 e. The minimum atomic E-state index is -0.382. The lowest BCUT2D eigenvalue weighted by atomic mass is 9.93. The lowest BCUT2D eigenvalue weighted by Crippen LogP contribution is -2.29. The van der Waals surface area contributed by atoms with Crippen molar-refractivity contribution in [1.82, 2.24) is 0 Å². The van der Waals surface area contributed by atoms with Crippen LogP contribution in [0.4, 0.5) is 0 Å². The van der Waals surface area contributed by atoms with Crippen molar-refractivity contribution in [2.75, 3.05) is 6.61 Å². The number of nitrogens with two attached hydrogens (primary N) is 1. The first kappa shape index (κ1) is 12.9. The van der Waals surface area contributed by atoms with E-state index < -0.39 is 0 Å². The zero-order valence-electron chi connectivity index (χ0n) is 10.7. The summed E-state index contributed by atoms with van der Waals surface area (Å²) in [7, 11) is 0. The van der Waals surface area contributed by atoms with Gasteiger partial charge in [0.15, 0.2) is 0 Å². The van der Waals surface area contributed by atoms with Crippen molar-refractivity contribution in [1.29, 1.82) is 0 Å². The van der Waals surface area contributed by atoms with E-state index >= 15 is 0 Å². The summed E-state index contributed by atoms with van der Waals surface area (Å²) in [4.78, 5) is 0. The van der Waals surface area contributed by atoms with Crippen molar-refractivity contribution in [2.24, 2.45) is 11.7 Å². The number of rotatable bonds is 4. The second-order valence-corrected chi connectivity index (χ2v) is 6.45. The first-order valence-corrected chi connectivity index (χ1v) is 6.89. The van der Waals surface area contributed by atoms with E-state index in [1.807, 2.05) is 13.8 Å². The summed E-state index contributed by atoms with van der Waals surface area (Å²) in [6.45, 7) is 6.91. The van der Waals surface area contributed by atoms with Crippen LogP contribution >= 0.6 is 15.9 Å². The molecule has 1 aliphatic carbocycles. The Morgan fingerprint density at radius 2 is 2.06 bits per heavy atom. The van der Waals surface area contributed by atoms with Gasteiger partial charge < -0.3 is 10.5 Å². The molecule has 0 bridgehead atoms. The SMILES string of the molecule is Cc1cc(Br)c(OCC2CC2)c(C(C)(C)N)c1. The molecule has 94 valence electrons. The summed E-state index contributed by atoms with van der Waals surface area (Å²) < 4.78 is 6.95.